The predicted octanol–water partition coefficient (Wildman–Crippen LogP) is 6.73. The van der Waals surface area contributed by atoms with Gasteiger partial charge in [0.05, 0.1) is 39.9 Å². The van der Waals surface area contributed by atoms with Crippen molar-refractivity contribution in [3.05, 3.63) is 0 Å². The first kappa shape index (κ1) is 37.5. The van der Waals surface area contributed by atoms with Gasteiger partial charge in [0.15, 0.2) is 0 Å². The van der Waals surface area contributed by atoms with Crippen molar-refractivity contribution in [3.63, 3.8) is 0 Å². The molecular weight excluding hydrogens is 503 g/mol. The zero-order valence-corrected chi connectivity index (χ0v) is 26.3. The van der Waals surface area contributed by atoms with Gasteiger partial charge in [-0.05, 0) is 12.8 Å². The molecule has 3 atom stereocenters. The van der Waals surface area contributed by atoms with E-state index in [4.69, 9.17) is 9.05 Å². The number of quaternary nitrogens is 1. The average Bonchev–Trinajstić information content (AvgIpc) is 2.84. The monoisotopic (exact) mass is 565 g/mol. The number of hydrogen-bond acceptors (Lipinski definition) is 5. The van der Waals surface area contributed by atoms with Crippen molar-refractivity contribution in [1.29, 1.82) is 0 Å². The van der Waals surface area contributed by atoms with Gasteiger partial charge in [0.1, 0.15) is 13.2 Å². The van der Waals surface area contributed by atoms with Crippen molar-refractivity contribution in [2.45, 2.75) is 142 Å². The number of nitrogens with one attached hydrogen (secondary N) is 1. The maximum Gasteiger partial charge on any atom is 0.472 e. The summed E-state index contributed by atoms with van der Waals surface area (Å²) in [5, 5.41) is 13.7. The van der Waals surface area contributed by atoms with E-state index in [2.05, 4.69) is 19.2 Å². The standard InChI is InChI=1S/C29H61N2O6P/c1-6-8-10-12-14-15-16-17-18-20-22-28(32)27(30-29(33)23-21-19-13-11-9-7-2)26-37-38(34,35)36-25-24-31(3,4)5/h27-28,32H,6-26H2,1-5H3,(H-,30,33,34,35)/p+1. The Morgan fingerprint density at radius 3 is 1.76 bits per heavy atom. The second-order valence-electron chi connectivity index (χ2n) is 11.8. The van der Waals surface area contributed by atoms with E-state index in [0.717, 1.165) is 38.5 Å². The van der Waals surface area contributed by atoms with Crippen molar-refractivity contribution in [2.24, 2.45) is 0 Å². The molecule has 0 aliphatic carbocycles. The SMILES string of the molecule is CCCCCCCCCCCCC(O)C(COP(=O)(O)OCC[N+](C)(C)C)NC(=O)CCCCCCCC. The first-order chi connectivity index (χ1) is 18.0. The van der Waals surface area contributed by atoms with Crippen molar-refractivity contribution in [1.82, 2.24) is 5.32 Å². The first-order valence-electron chi connectivity index (χ1n) is 15.4. The molecule has 8 nitrogen and oxygen atoms in total. The third-order valence-electron chi connectivity index (χ3n) is 6.86. The molecule has 9 heteroatoms. The summed E-state index contributed by atoms with van der Waals surface area (Å²) in [6.07, 6.45) is 18.6. The van der Waals surface area contributed by atoms with E-state index >= 15 is 0 Å². The van der Waals surface area contributed by atoms with Crippen molar-refractivity contribution < 1.29 is 32.9 Å². The summed E-state index contributed by atoms with van der Waals surface area (Å²) in [5.74, 6) is -0.157. The van der Waals surface area contributed by atoms with E-state index in [1.165, 1.54) is 64.2 Å². The number of hydrogen-bond donors (Lipinski definition) is 3. The summed E-state index contributed by atoms with van der Waals surface area (Å²) in [6, 6.07) is -0.747. The van der Waals surface area contributed by atoms with Gasteiger partial charge < -0.3 is 19.8 Å². The van der Waals surface area contributed by atoms with E-state index < -0.39 is 20.0 Å². The van der Waals surface area contributed by atoms with Crippen LogP contribution in [0, 0.1) is 0 Å². The smallest absolute Gasteiger partial charge is 0.391 e. The molecule has 0 bridgehead atoms. The average molecular weight is 566 g/mol. The Morgan fingerprint density at radius 1 is 0.789 bits per heavy atom. The van der Waals surface area contributed by atoms with Crippen LogP contribution in [0.4, 0.5) is 0 Å². The van der Waals surface area contributed by atoms with Crippen LogP contribution in [0.15, 0.2) is 0 Å². The third-order valence-corrected chi connectivity index (χ3v) is 7.84. The van der Waals surface area contributed by atoms with Crippen LogP contribution in [0.1, 0.15) is 129 Å². The highest BCUT2D eigenvalue weighted by Crippen LogP contribution is 2.43. The molecule has 0 aromatic heterocycles. The lowest BCUT2D eigenvalue weighted by molar-refractivity contribution is -0.870. The van der Waals surface area contributed by atoms with Crippen LogP contribution in [0.25, 0.3) is 0 Å². The molecule has 0 aliphatic rings. The molecule has 0 radical (unpaired) electrons. The van der Waals surface area contributed by atoms with Crippen LogP contribution in [0.3, 0.4) is 0 Å². The second-order valence-corrected chi connectivity index (χ2v) is 13.3. The maximum absolute atomic E-state index is 12.6. The van der Waals surface area contributed by atoms with Gasteiger partial charge in [-0.3, -0.25) is 13.8 Å². The number of unbranched alkanes of at least 4 members (excludes halogenated alkanes) is 14. The lowest BCUT2D eigenvalue weighted by Gasteiger charge is -2.26. The fraction of sp³-hybridized carbons (Fsp3) is 0.966. The molecule has 0 rings (SSSR count). The van der Waals surface area contributed by atoms with Crippen molar-refractivity contribution in [2.75, 3.05) is 40.9 Å². The number of aliphatic hydroxyl groups excluding tert-OH is 1. The highest BCUT2D eigenvalue weighted by molar-refractivity contribution is 7.47. The molecule has 1 amide bonds. The molecule has 38 heavy (non-hydrogen) atoms. The number of aliphatic hydroxyl groups is 1. The Labute approximate surface area is 234 Å². The first-order valence-corrected chi connectivity index (χ1v) is 16.9. The third kappa shape index (κ3) is 24.5. The van der Waals surface area contributed by atoms with Crippen LogP contribution < -0.4 is 5.32 Å². The van der Waals surface area contributed by atoms with Gasteiger partial charge in [0, 0.05) is 6.42 Å². The Bertz CT molecular complexity index is 614. The van der Waals surface area contributed by atoms with E-state index in [9.17, 15) is 19.4 Å². The van der Waals surface area contributed by atoms with Crippen molar-refractivity contribution >= 4 is 13.7 Å². The van der Waals surface area contributed by atoms with Crippen molar-refractivity contribution in [3.8, 4) is 0 Å². The number of rotatable bonds is 27. The van der Waals surface area contributed by atoms with Gasteiger partial charge in [-0.15, -0.1) is 0 Å². The molecule has 0 saturated carbocycles. The minimum Gasteiger partial charge on any atom is -0.391 e. The van der Waals surface area contributed by atoms with Gasteiger partial charge in [-0.2, -0.15) is 0 Å². The molecule has 0 aromatic rings. The van der Waals surface area contributed by atoms with E-state index in [1.807, 2.05) is 21.1 Å². The topological polar surface area (TPSA) is 105 Å². The van der Waals surface area contributed by atoms with E-state index in [0.29, 0.717) is 23.9 Å². The summed E-state index contributed by atoms with van der Waals surface area (Å²) in [7, 11) is 1.61. The van der Waals surface area contributed by atoms with Gasteiger partial charge >= 0.3 is 7.82 Å². The highest BCUT2D eigenvalue weighted by atomic mass is 31.2. The lowest BCUT2D eigenvalue weighted by atomic mass is 10.0. The lowest BCUT2D eigenvalue weighted by Crippen LogP contribution is -2.46. The number of carbonyl (C=O) groups excluding carboxylic acids is 1. The number of nitrogens with zero attached hydrogens (tertiary/aromatic N) is 1. The molecule has 0 saturated heterocycles. The molecule has 3 N–H and O–H groups in total. The van der Waals surface area contributed by atoms with Crippen LogP contribution in [0.2, 0.25) is 0 Å². The Kier molecular flexibility index (Phi) is 22.9. The second kappa shape index (κ2) is 23.2. The zero-order chi connectivity index (χ0) is 28.7. The van der Waals surface area contributed by atoms with Gasteiger partial charge in [0.25, 0.3) is 0 Å². The van der Waals surface area contributed by atoms with Gasteiger partial charge in [-0.25, -0.2) is 4.57 Å². The minimum absolute atomic E-state index is 0.0769. The summed E-state index contributed by atoms with van der Waals surface area (Å²) in [6.45, 7) is 4.77. The Hall–Kier alpha value is -0.500. The number of phosphoric ester groups is 1. The fourth-order valence-corrected chi connectivity index (χ4v) is 5.01. The number of carbonyl (C=O) groups is 1. The Balaban J connectivity index is 4.57. The number of amides is 1. The van der Waals surface area contributed by atoms with Crippen LogP contribution in [0.5, 0.6) is 0 Å². The minimum atomic E-state index is -4.28. The molecule has 3 unspecified atom stereocenters. The fourth-order valence-electron chi connectivity index (χ4n) is 4.28. The van der Waals surface area contributed by atoms with Crippen LogP contribution in [-0.4, -0.2) is 73.4 Å². The summed E-state index contributed by atoms with van der Waals surface area (Å²) < 4.78 is 23.3. The van der Waals surface area contributed by atoms with E-state index in [1.54, 1.807) is 0 Å². The largest absolute Gasteiger partial charge is 0.472 e. The number of phosphoric acid groups is 1. The van der Waals surface area contributed by atoms with Gasteiger partial charge in [-0.1, -0.05) is 110 Å². The summed E-state index contributed by atoms with van der Waals surface area (Å²) >= 11 is 0. The normalized spacial score (nSPS) is 15.2. The van der Waals surface area contributed by atoms with E-state index in [-0.39, 0.29) is 19.1 Å². The zero-order valence-electron chi connectivity index (χ0n) is 25.4. The van der Waals surface area contributed by atoms with Crippen LogP contribution in [-0.2, 0) is 18.4 Å². The molecule has 0 heterocycles. The summed E-state index contributed by atoms with van der Waals surface area (Å²) in [5.41, 5.74) is 0. The molecule has 228 valence electrons. The molecule has 0 aromatic carbocycles. The highest BCUT2D eigenvalue weighted by Gasteiger charge is 2.28. The van der Waals surface area contributed by atoms with Gasteiger partial charge in [0.2, 0.25) is 5.91 Å². The number of likely N-dealkylation sites (N-methyl/N-ethyl adjacent to an activating group) is 1. The predicted molar refractivity (Wildman–Crippen MR) is 157 cm³/mol. The summed E-state index contributed by atoms with van der Waals surface area (Å²) in [4.78, 5) is 22.6. The molecule has 0 aliphatic heterocycles. The maximum atomic E-state index is 12.6. The Morgan fingerprint density at radius 2 is 1.26 bits per heavy atom. The quantitative estimate of drug-likeness (QED) is 0.0579. The van der Waals surface area contributed by atoms with Crippen LogP contribution >= 0.6 is 7.82 Å². The molecule has 0 fully saturated rings. The molecule has 0 spiro atoms. The molecular formula is C29H62N2O6P+.